The van der Waals surface area contributed by atoms with Crippen molar-refractivity contribution in [2.24, 2.45) is 0 Å². The average Bonchev–Trinajstić information content (AvgIpc) is 2.77. The first-order valence-electron chi connectivity index (χ1n) is 6.55. The lowest BCUT2D eigenvalue weighted by atomic mass is 10.0. The van der Waals surface area contributed by atoms with Crippen LogP contribution < -0.4 is 5.32 Å². The zero-order valence-corrected chi connectivity index (χ0v) is 11.5. The number of nitrogens with zero attached hydrogens (tertiary/aromatic N) is 2. The number of aromatic nitrogens is 1. The van der Waals surface area contributed by atoms with Gasteiger partial charge in [-0.2, -0.15) is 0 Å². The predicted octanol–water partition coefficient (Wildman–Crippen LogP) is 0.999. The molecule has 1 aromatic rings. The summed E-state index contributed by atoms with van der Waals surface area (Å²) in [6, 6.07) is -0.919. The third-order valence-corrected chi connectivity index (χ3v) is 3.30. The van der Waals surface area contributed by atoms with Gasteiger partial charge in [0.25, 0.3) is 0 Å². The van der Waals surface area contributed by atoms with Crippen molar-refractivity contribution < 1.29 is 14.0 Å². The number of carbonyl (C=O) groups is 2. The summed E-state index contributed by atoms with van der Waals surface area (Å²) < 4.78 is 5.38. The van der Waals surface area contributed by atoms with Crippen molar-refractivity contribution in [1.29, 1.82) is 0 Å². The molecule has 1 aliphatic rings. The Hall–Kier alpha value is -1.85. The first kappa shape index (κ1) is 13.6. The minimum absolute atomic E-state index is 0.0650. The van der Waals surface area contributed by atoms with Gasteiger partial charge in [0.2, 0.25) is 17.7 Å². The number of piperazine rings is 1. The third kappa shape index (κ3) is 2.77. The van der Waals surface area contributed by atoms with E-state index >= 15 is 0 Å². The van der Waals surface area contributed by atoms with Crippen molar-refractivity contribution in [1.82, 2.24) is 15.2 Å². The van der Waals surface area contributed by atoms with E-state index in [4.69, 9.17) is 4.42 Å². The zero-order valence-electron chi connectivity index (χ0n) is 11.5. The summed E-state index contributed by atoms with van der Waals surface area (Å²) in [7, 11) is 0. The van der Waals surface area contributed by atoms with Gasteiger partial charge >= 0.3 is 0 Å². The van der Waals surface area contributed by atoms with Gasteiger partial charge in [-0.3, -0.25) is 9.59 Å². The highest BCUT2D eigenvalue weighted by Gasteiger charge is 2.38. The Morgan fingerprint density at radius 2 is 2.21 bits per heavy atom. The fourth-order valence-corrected chi connectivity index (χ4v) is 2.21. The molecule has 0 aliphatic carbocycles. The van der Waals surface area contributed by atoms with Crippen LogP contribution in [0.1, 0.15) is 38.3 Å². The minimum Gasteiger partial charge on any atom is -0.444 e. The first-order valence-corrected chi connectivity index (χ1v) is 6.55. The number of nitrogens with one attached hydrogen (secondary N) is 1. The SMILES string of the molecule is CCCC1NC(=O)C(C)N(Cc2ncc(C)o2)C1=O. The Morgan fingerprint density at radius 3 is 2.79 bits per heavy atom. The Balaban J connectivity index is 2.15. The Labute approximate surface area is 112 Å². The van der Waals surface area contributed by atoms with Gasteiger partial charge in [-0.1, -0.05) is 13.3 Å². The van der Waals surface area contributed by atoms with Crippen LogP contribution in [0, 0.1) is 6.92 Å². The fraction of sp³-hybridized carbons (Fsp3) is 0.615. The maximum atomic E-state index is 12.3. The van der Waals surface area contributed by atoms with Crippen molar-refractivity contribution >= 4 is 11.8 Å². The summed E-state index contributed by atoms with van der Waals surface area (Å²) in [6.45, 7) is 5.73. The topological polar surface area (TPSA) is 75.4 Å². The second-order valence-corrected chi connectivity index (χ2v) is 4.86. The van der Waals surface area contributed by atoms with Crippen LogP contribution in [0.25, 0.3) is 0 Å². The molecule has 2 amide bonds. The highest BCUT2D eigenvalue weighted by atomic mass is 16.4. The molecule has 0 spiro atoms. The molecule has 0 saturated carbocycles. The molecule has 6 nitrogen and oxygen atoms in total. The van der Waals surface area contributed by atoms with Crippen LogP contribution in [0.4, 0.5) is 0 Å². The molecule has 1 N–H and O–H groups in total. The van der Waals surface area contributed by atoms with E-state index in [-0.39, 0.29) is 18.4 Å². The second kappa shape index (κ2) is 5.42. The quantitative estimate of drug-likeness (QED) is 0.881. The lowest BCUT2D eigenvalue weighted by Gasteiger charge is -2.36. The number of hydrogen-bond acceptors (Lipinski definition) is 4. The van der Waals surface area contributed by atoms with Crippen molar-refractivity contribution in [2.75, 3.05) is 0 Å². The summed E-state index contributed by atoms with van der Waals surface area (Å²) in [5, 5.41) is 2.76. The maximum Gasteiger partial charge on any atom is 0.246 e. The van der Waals surface area contributed by atoms with Crippen molar-refractivity contribution in [3.8, 4) is 0 Å². The summed E-state index contributed by atoms with van der Waals surface area (Å²) in [6.07, 6.45) is 3.10. The molecular formula is C13H19N3O3. The number of rotatable bonds is 4. The predicted molar refractivity (Wildman–Crippen MR) is 68.1 cm³/mol. The number of carbonyl (C=O) groups excluding carboxylic acids is 2. The summed E-state index contributed by atoms with van der Waals surface area (Å²) in [4.78, 5) is 29.8. The molecule has 2 heterocycles. The van der Waals surface area contributed by atoms with Crippen LogP contribution in [0.2, 0.25) is 0 Å². The molecule has 1 saturated heterocycles. The molecule has 6 heteroatoms. The summed E-state index contributed by atoms with van der Waals surface area (Å²) >= 11 is 0. The number of hydrogen-bond donors (Lipinski definition) is 1. The molecule has 0 aromatic carbocycles. The monoisotopic (exact) mass is 265 g/mol. The van der Waals surface area contributed by atoms with Gasteiger partial charge in [0.1, 0.15) is 17.8 Å². The van der Waals surface area contributed by atoms with Crippen molar-refractivity contribution in [3.05, 3.63) is 17.8 Å². The molecule has 2 unspecified atom stereocenters. The van der Waals surface area contributed by atoms with E-state index in [0.717, 1.165) is 6.42 Å². The average molecular weight is 265 g/mol. The molecule has 1 fully saturated rings. The number of aryl methyl sites for hydroxylation is 1. The van der Waals surface area contributed by atoms with Crippen LogP contribution in [0.15, 0.2) is 10.6 Å². The molecular weight excluding hydrogens is 246 g/mol. The zero-order chi connectivity index (χ0) is 14.0. The van der Waals surface area contributed by atoms with Gasteiger partial charge in [0.05, 0.1) is 12.7 Å². The van der Waals surface area contributed by atoms with E-state index in [1.54, 1.807) is 20.0 Å². The van der Waals surface area contributed by atoms with Crippen LogP contribution in [0.5, 0.6) is 0 Å². The number of amides is 2. The Kier molecular flexibility index (Phi) is 3.87. The van der Waals surface area contributed by atoms with Gasteiger partial charge < -0.3 is 14.6 Å². The molecule has 2 atom stereocenters. The molecule has 19 heavy (non-hydrogen) atoms. The van der Waals surface area contributed by atoms with E-state index < -0.39 is 12.1 Å². The lowest BCUT2D eigenvalue weighted by Crippen LogP contribution is -2.61. The molecule has 0 radical (unpaired) electrons. The van der Waals surface area contributed by atoms with Gasteiger partial charge in [0, 0.05) is 0 Å². The molecule has 0 bridgehead atoms. The summed E-state index contributed by atoms with van der Waals surface area (Å²) in [5.41, 5.74) is 0. The van der Waals surface area contributed by atoms with E-state index in [1.807, 2.05) is 6.92 Å². The second-order valence-electron chi connectivity index (χ2n) is 4.86. The molecule has 104 valence electrons. The molecule has 1 aromatic heterocycles. The summed E-state index contributed by atoms with van der Waals surface area (Å²) in [5.74, 6) is 0.968. The highest BCUT2D eigenvalue weighted by Crippen LogP contribution is 2.16. The Morgan fingerprint density at radius 1 is 1.47 bits per heavy atom. The highest BCUT2D eigenvalue weighted by molar-refractivity contribution is 5.96. The van der Waals surface area contributed by atoms with Gasteiger partial charge in [-0.25, -0.2) is 4.98 Å². The standard InChI is InChI=1S/C13H19N3O3/c1-4-5-10-13(18)16(9(3)12(17)15-10)7-11-14-6-8(2)19-11/h6,9-10H,4-5,7H2,1-3H3,(H,15,17). The largest absolute Gasteiger partial charge is 0.444 e. The lowest BCUT2D eigenvalue weighted by molar-refractivity contribution is -0.149. The fourth-order valence-electron chi connectivity index (χ4n) is 2.21. The smallest absolute Gasteiger partial charge is 0.246 e. The molecule has 1 aliphatic heterocycles. The Bertz CT molecular complexity index is 483. The van der Waals surface area contributed by atoms with Gasteiger partial charge in [-0.05, 0) is 20.3 Å². The van der Waals surface area contributed by atoms with Crippen LogP contribution in [-0.4, -0.2) is 33.8 Å². The van der Waals surface area contributed by atoms with E-state index in [1.165, 1.54) is 4.90 Å². The van der Waals surface area contributed by atoms with Crippen molar-refractivity contribution in [3.63, 3.8) is 0 Å². The van der Waals surface area contributed by atoms with Crippen LogP contribution >= 0.6 is 0 Å². The van der Waals surface area contributed by atoms with Crippen LogP contribution in [-0.2, 0) is 16.1 Å². The normalized spacial score (nSPS) is 23.6. The molecule has 2 rings (SSSR count). The maximum absolute atomic E-state index is 12.3. The third-order valence-electron chi connectivity index (χ3n) is 3.30. The van der Waals surface area contributed by atoms with Crippen LogP contribution in [0.3, 0.4) is 0 Å². The first-order chi connectivity index (χ1) is 9.02. The van der Waals surface area contributed by atoms with Crippen molar-refractivity contribution in [2.45, 2.75) is 52.2 Å². The van der Waals surface area contributed by atoms with E-state index in [2.05, 4.69) is 10.3 Å². The van der Waals surface area contributed by atoms with E-state index in [9.17, 15) is 9.59 Å². The minimum atomic E-state index is -0.493. The van der Waals surface area contributed by atoms with E-state index in [0.29, 0.717) is 18.1 Å². The van der Waals surface area contributed by atoms with Gasteiger partial charge in [0.15, 0.2) is 0 Å². The van der Waals surface area contributed by atoms with Gasteiger partial charge in [-0.15, -0.1) is 0 Å². The number of oxazole rings is 1.